The second-order valence-electron chi connectivity index (χ2n) is 4.04. The Morgan fingerprint density at radius 1 is 1.28 bits per heavy atom. The van der Waals surface area contributed by atoms with Crippen LogP contribution in [0.5, 0.6) is 5.75 Å². The molecule has 0 heterocycles. The van der Waals surface area contributed by atoms with Crippen LogP contribution in [0, 0.1) is 0 Å². The highest BCUT2D eigenvalue weighted by Gasteiger charge is 2.15. The summed E-state index contributed by atoms with van der Waals surface area (Å²) in [4.78, 5) is 10.7. The van der Waals surface area contributed by atoms with Crippen molar-refractivity contribution < 1.29 is 19.4 Å². The fraction of sp³-hybridized carbons (Fsp3) is 0.500. The molecule has 1 aromatic rings. The number of hydrogen-bond donors (Lipinski definition) is 1. The largest absolute Gasteiger partial charge is 0.481 e. The topological polar surface area (TPSA) is 55.8 Å². The average Bonchev–Trinajstić information content (AvgIpc) is 2.35. The molecule has 0 amide bonds. The lowest BCUT2D eigenvalue weighted by molar-refractivity contribution is -0.149. The van der Waals surface area contributed by atoms with Gasteiger partial charge in [-0.2, -0.15) is 0 Å². The number of carbonyl (C=O) groups is 1. The van der Waals surface area contributed by atoms with Gasteiger partial charge >= 0.3 is 5.97 Å². The molecule has 4 nitrogen and oxygen atoms in total. The Morgan fingerprint density at radius 3 is 2.61 bits per heavy atom. The number of unbranched alkanes of at least 4 members (excludes halogenated alkanes) is 2. The summed E-state index contributed by atoms with van der Waals surface area (Å²) in [5, 5.41) is 8.80. The predicted octanol–water partition coefficient (Wildman–Crippen LogP) is 3.07. The highest BCUT2D eigenvalue weighted by Crippen LogP contribution is 2.13. The van der Waals surface area contributed by atoms with E-state index in [1.165, 1.54) is 0 Å². The minimum atomic E-state index is -0.925. The molecule has 0 saturated heterocycles. The number of aliphatic carboxylic acids is 1. The van der Waals surface area contributed by atoms with Crippen LogP contribution >= 0.6 is 0 Å². The number of carboxylic acids is 1. The van der Waals surface area contributed by atoms with Gasteiger partial charge in [-0.05, 0) is 18.6 Å². The molecule has 4 heteroatoms. The Morgan fingerprint density at radius 2 is 2.00 bits per heavy atom. The van der Waals surface area contributed by atoms with E-state index in [-0.39, 0.29) is 6.42 Å². The number of rotatable bonds is 9. The Balaban J connectivity index is 2.42. The van der Waals surface area contributed by atoms with Gasteiger partial charge in [0.25, 0.3) is 0 Å². The molecular formula is C14H20O4. The third-order valence-corrected chi connectivity index (χ3v) is 2.40. The van der Waals surface area contributed by atoms with Crippen molar-refractivity contribution in [3.05, 3.63) is 30.3 Å². The molecule has 1 unspecified atom stereocenters. The lowest BCUT2D eigenvalue weighted by Crippen LogP contribution is -2.24. The zero-order valence-corrected chi connectivity index (χ0v) is 10.7. The summed E-state index contributed by atoms with van der Waals surface area (Å²) in [6.45, 7) is 2.63. The molecule has 0 spiro atoms. The first-order valence-corrected chi connectivity index (χ1v) is 6.27. The van der Waals surface area contributed by atoms with Crippen LogP contribution in [-0.4, -0.2) is 24.0 Å². The highest BCUT2D eigenvalue weighted by molar-refractivity contribution is 5.67. The van der Waals surface area contributed by atoms with Gasteiger partial charge in [-0.3, -0.25) is 4.79 Å². The van der Waals surface area contributed by atoms with Crippen LogP contribution in [0.25, 0.3) is 0 Å². The highest BCUT2D eigenvalue weighted by atomic mass is 16.7. The van der Waals surface area contributed by atoms with Gasteiger partial charge in [0.2, 0.25) is 6.29 Å². The van der Waals surface area contributed by atoms with Crippen molar-refractivity contribution in [1.82, 2.24) is 0 Å². The SMILES string of the molecule is CCCCCOC(CC(=O)O)Oc1ccccc1. The Bertz CT molecular complexity index is 337. The molecule has 1 atom stereocenters. The molecular weight excluding hydrogens is 232 g/mol. The van der Waals surface area contributed by atoms with Gasteiger partial charge < -0.3 is 14.6 Å². The number of para-hydroxylation sites is 1. The van der Waals surface area contributed by atoms with Crippen molar-refractivity contribution in [2.45, 2.75) is 38.9 Å². The fourth-order valence-corrected chi connectivity index (χ4v) is 1.49. The smallest absolute Gasteiger partial charge is 0.309 e. The predicted molar refractivity (Wildman–Crippen MR) is 68.6 cm³/mol. The van der Waals surface area contributed by atoms with Crippen molar-refractivity contribution in [3.63, 3.8) is 0 Å². The van der Waals surface area contributed by atoms with E-state index in [1.54, 1.807) is 12.1 Å². The minimum Gasteiger partial charge on any atom is -0.481 e. The molecule has 0 aromatic heterocycles. The molecule has 100 valence electrons. The molecule has 1 N–H and O–H groups in total. The van der Waals surface area contributed by atoms with Crippen LogP contribution in [0.3, 0.4) is 0 Å². The second-order valence-corrected chi connectivity index (χ2v) is 4.04. The third kappa shape index (κ3) is 6.25. The quantitative estimate of drug-likeness (QED) is 0.542. The van der Waals surface area contributed by atoms with Gasteiger partial charge in [0, 0.05) is 0 Å². The zero-order chi connectivity index (χ0) is 13.2. The van der Waals surface area contributed by atoms with Gasteiger partial charge in [0.15, 0.2) is 0 Å². The van der Waals surface area contributed by atoms with Gasteiger partial charge in [0.1, 0.15) is 12.2 Å². The van der Waals surface area contributed by atoms with Crippen molar-refractivity contribution in [1.29, 1.82) is 0 Å². The van der Waals surface area contributed by atoms with Crippen LogP contribution in [0.1, 0.15) is 32.6 Å². The van der Waals surface area contributed by atoms with Crippen LogP contribution in [0.2, 0.25) is 0 Å². The summed E-state index contributed by atoms with van der Waals surface area (Å²) in [6, 6.07) is 9.12. The van der Waals surface area contributed by atoms with Gasteiger partial charge in [-0.15, -0.1) is 0 Å². The molecule has 0 aliphatic heterocycles. The summed E-state index contributed by atoms with van der Waals surface area (Å²) < 4.78 is 11.0. The van der Waals surface area contributed by atoms with E-state index in [9.17, 15) is 4.79 Å². The van der Waals surface area contributed by atoms with E-state index in [2.05, 4.69) is 6.92 Å². The summed E-state index contributed by atoms with van der Waals surface area (Å²) in [6.07, 6.45) is 2.23. The maximum Gasteiger partial charge on any atom is 0.309 e. The van der Waals surface area contributed by atoms with Crippen LogP contribution in [0.15, 0.2) is 30.3 Å². The van der Waals surface area contributed by atoms with Gasteiger partial charge in [-0.1, -0.05) is 38.0 Å². The van der Waals surface area contributed by atoms with Crippen molar-refractivity contribution in [3.8, 4) is 5.75 Å². The minimum absolute atomic E-state index is 0.152. The van der Waals surface area contributed by atoms with E-state index in [4.69, 9.17) is 14.6 Å². The average molecular weight is 252 g/mol. The summed E-state index contributed by atoms with van der Waals surface area (Å²) in [7, 11) is 0. The molecule has 0 radical (unpaired) electrons. The summed E-state index contributed by atoms with van der Waals surface area (Å²) in [5.74, 6) is -0.300. The van der Waals surface area contributed by atoms with E-state index in [0.717, 1.165) is 19.3 Å². The van der Waals surface area contributed by atoms with Crippen LogP contribution < -0.4 is 4.74 Å². The lowest BCUT2D eigenvalue weighted by Gasteiger charge is -2.18. The number of hydrogen-bond acceptors (Lipinski definition) is 3. The molecule has 0 aliphatic rings. The molecule has 0 saturated carbocycles. The normalized spacial score (nSPS) is 12.1. The Kier molecular flexibility index (Phi) is 6.87. The second kappa shape index (κ2) is 8.53. The van der Waals surface area contributed by atoms with Crippen LogP contribution in [-0.2, 0) is 9.53 Å². The van der Waals surface area contributed by atoms with E-state index in [0.29, 0.717) is 12.4 Å². The first kappa shape index (κ1) is 14.5. The maximum absolute atomic E-state index is 10.7. The van der Waals surface area contributed by atoms with Crippen molar-refractivity contribution >= 4 is 5.97 Å². The van der Waals surface area contributed by atoms with E-state index < -0.39 is 12.3 Å². The molecule has 1 rings (SSSR count). The Labute approximate surface area is 108 Å². The van der Waals surface area contributed by atoms with Crippen molar-refractivity contribution in [2.75, 3.05) is 6.61 Å². The monoisotopic (exact) mass is 252 g/mol. The first-order chi connectivity index (χ1) is 8.72. The molecule has 18 heavy (non-hydrogen) atoms. The maximum atomic E-state index is 10.7. The lowest BCUT2D eigenvalue weighted by atomic mass is 10.3. The Hall–Kier alpha value is -1.55. The zero-order valence-electron chi connectivity index (χ0n) is 10.7. The third-order valence-electron chi connectivity index (χ3n) is 2.40. The number of benzene rings is 1. The van der Waals surface area contributed by atoms with E-state index in [1.807, 2.05) is 18.2 Å². The summed E-state index contributed by atoms with van der Waals surface area (Å²) in [5.41, 5.74) is 0. The number of carboxylic acid groups (broad SMARTS) is 1. The fourth-order valence-electron chi connectivity index (χ4n) is 1.49. The first-order valence-electron chi connectivity index (χ1n) is 6.27. The summed E-state index contributed by atoms with van der Waals surface area (Å²) >= 11 is 0. The van der Waals surface area contributed by atoms with E-state index >= 15 is 0 Å². The van der Waals surface area contributed by atoms with Crippen LogP contribution in [0.4, 0.5) is 0 Å². The molecule has 0 fully saturated rings. The molecule has 0 bridgehead atoms. The van der Waals surface area contributed by atoms with Gasteiger partial charge in [0.05, 0.1) is 6.61 Å². The van der Waals surface area contributed by atoms with Gasteiger partial charge in [-0.25, -0.2) is 0 Å². The number of ether oxygens (including phenoxy) is 2. The molecule has 0 aliphatic carbocycles. The van der Waals surface area contributed by atoms with Crippen molar-refractivity contribution in [2.24, 2.45) is 0 Å². The molecule has 1 aromatic carbocycles. The standard InChI is InChI=1S/C14H20O4/c1-2-3-7-10-17-14(11-13(15)16)18-12-8-5-4-6-9-12/h4-6,8-9,14H,2-3,7,10-11H2,1H3,(H,15,16).